The van der Waals surface area contributed by atoms with Crippen LogP contribution in [0, 0.1) is 0 Å². The number of aromatic nitrogens is 1. The first-order valence-corrected chi connectivity index (χ1v) is 11.5. The SMILES string of the molecule is COCCNC(=O)Cn1cc(/C=C2\SC(=O)N(CC(=O)c3ccccc3)C2=O)c2ccccc21. The van der Waals surface area contributed by atoms with E-state index in [-0.39, 0.29) is 29.7 Å². The third-order valence-corrected chi connectivity index (χ3v) is 6.23. The molecule has 1 aliphatic rings. The Labute approximate surface area is 200 Å². The number of rotatable bonds is 9. The van der Waals surface area contributed by atoms with Crippen molar-refractivity contribution in [2.45, 2.75) is 6.54 Å². The normalized spacial score (nSPS) is 14.9. The smallest absolute Gasteiger partial charge is 0.293 e. The summed E-state index contributed by atoms with van der Waals surface area (Å²) in [5.74, 6) is -0.974. The molecule has 0 aliphatic carbocycles. The van der Waals surface area contributed by atoms with Crippen molar-refractivity contribution >= 4 is 51.6 Å². The Morgan fingerprint density at radius 3 is 2.53 bits per heavy atom. The van der Waals surface area contributed by atoms with Crippen LogP contribution in [0.3, 0.4) is 0 Å². The van der Waals surface area contributed by atoms with Crippen LogP contribution >= 0.6 is 11.8 Å². The average molecular weight is 478 g/mol. The molecule has 1 N–H and O–H groups in total. The number of hydrogen-bond acceptors (Lipinski definition) is 6. The fourth-order valence-corrected chi connectivity index (χ4v) is 4.49. The topological polar surface area (TPSA) is 97.7 Å². The highest BCUT2D eigenvalue weighted by Gasteiger charge is 2.36. The Morgan fingerprint density at radius 2 is 1.76 bits per heavy atom. The maximum atomic E-state index is 12.9. The molecule has 1 saturated heterocycles. The van der Waals surface area contributed by atoms with Crippen LogP contribution in [0.4, 0.5) is 4.79 Å². The van der Waals surface area contributed by atoms with Gasteiger partial charge in [0.25, 0.3) is 11.1 Å². The van der Waals surface area contributed by atoms with Gasteiger partial charge >= 0.3 is 0 Å². The molecule has 0 spiro atoms. The molecule has 4 rings (SSSR count). The molecule has 3 amide bonds. The van der Waals surface area contributed by atoms with E-state index in [0.29, 0.717) is 24.3 Å². The maximum Gasteiger partial charge on any atom is 0.293 e. The number of carbonyl (C=O) groups is 4. The van der Waals surface area contributed by atoms with E-state index in [0.717, 1.165) is 27.6 Å². The molecule has 8 nitrogen and oxygen atoms in total. The molecular formula is C25H23N3O5S. The van der Waals surface area contributed by atoms with E-state index < -0.39 is 11.1 Å². The molecule has 0 atom stereocenters. The molecule has 0 saturated carbocycles. The van der Waals surface area contributed by atoms with Crippen molar-refractivity contribution in [3.05, 3.63) is 76.8 Å². The number of amides is 3. The largest absolute Gasteiger partial charge is 0.383 e. The van der Waals surface area contributed by atoms with Crippen LogP contribution in [0.5, 0.6) is 0 Å². The fourth-order valence-electron chi connectivity index (χ4n) is 3.66. The first kappa shape index (κ1) is 23.5. The van der Waals surface area contributed by atoms with Crippen LogP contribution in [-0.2, 0) is 20.9 Å². The van der Waals surface area contributed by atoms with Crippen molar-refractivity contribution in [1.29, 1.82) is 0 Å². The molecule has 9 heteroatoms. The zero-order valence-electron chi connectivity index (χ0n) is 18.5. The van der Waals surface area contributed by atoms with Crippen LogP contribution < -0.4 is 5.32 Å². The molecule has 0 bridgehead atoms. The molecule has 2 heterocycles. The number of nitrogens with one attached hydrogen (secondary N) is 1. The molecule has 0 unspecified atom stereocenters. The number of methoxy groups -OCH3 is 1. The minimum atomic E-state index is -0.506. The summed E-state index contributed by atoms with van der Waals surface area (Å²) >= 11 is 0.803. The Bertz CT molecular complexity index is 1280. The van der Waals surface area contributed by atoms with Crippen molar-refractivity contribution in [2.75, 3.05) is 26.8 Å². The molecule has 1 aliphatic heterocycles. The lowest BCUT2D eigenvalue weighted by molar-refractivity contribution is -0.123. The van der Waals surface area contributed by atoms with Crippen molar-refractivity contribution < 1.29 is 23.9 Å². The highest BCUT2D eigenvalue weighted by atomic mass is 32.2. The van der Waals surface area contributed by atoms with Crippen LogP contribution in [-0.4, -0.2) is 59.1 Å². The number of hydrogen-bond donors (Lipinski definition) is 1. The summed E-state index contributed by atoms with van der Waals surface area (Å²) in [5.41, 5.74) is 1.98. The number of carbonyl (C=O) groups excluding carboxylic acids is 4. The summed E-state index contributed by atoms with van der Waals surface area (Å²) in [4.78, 5) is 51.4. The fraction of sp³-hybridized carbons (Fsp3) is 0.200. The predicted molar refractivity (Wildman–Crippen MR) is 130 cm³/mol. The number of ketones is 1. The van der Waals surface area contributed by atoms with Gasteiger partial charge < -0.3 is 14.6 Å². The van der Waals surface area contributed by atoms with E-state index in [1.165, 1.54) is 0 Å². The molecular weight excluding hydrogens is 454 g/mol. The lowest BCUT2D eigenvalue weighted by Gasteiger charge is -2.11. The van der Waals surface area contributed by atoms with E-state index in [2.05, 4.69) is 5.32 Å². The first-order valence-electron chi connectivity index (χ1n) is 10.6. The summed E-state index contributed by atoms with van der Waals surface area (Å²) < 4.78 is 6.75. The van der Waals surface area contributed by atoms with Crippen LogP contribution in [0.15, 0.2) is 65.7 Å². The number of thioether (sulfide) groups is 1. The number of imide groups is 1. The summed E-state index contributed by atoms with van der Waals surface area (Å²) in [6.07, 6.45) is 3.42. The predicted octanol–water partition coefficient (Wildman–Crippen LogP) is 3.32. The Kier molecular flexibility index (Phi) is 7.24. The monoisotopic (exact) mass is 477 g/mol. The quantitative estimate of drug-likeness (QED) is 0.288. The van der Waals surface area contributed by atoms with Gasteiger partial charge in [0, 0.05) is 41.9 Å². The first-order chi connectivity index (χ1) is 16.5. The van der Waals surface area contributed by atoms with Gasteiger partial charge in [0.15, 0.2) is 5.78 Å². The molecule has 34 heavy (non-hydrogen) atoms. The molecule has 174 valence electrons. The van der Waals surface area contributed by atoms with Gasteiger partial charge in [-0.15, -0.1) is 0 Å². The second kappa shape index (κ2) is 10.5. The Hall–Kier alpha value is -3.69. The van der Waals surface area contributed by atoms with Crippen LogP contribution in [0.25, 0.3) is 17.0 Å². The lowest BCUT2D eigenvalue weighted by Crippen LogP contribution is -2.33. The van der Waals surface area contributed by atoms with E-state index in [4.69, 9.17) is 4.74 Å². The Morgan fingerprint density at radius 1 is 1.03 bits per heavy atom. The van der Waals surface area contributed by atoms with Gasteiger partial charge in [-0.25, -0.2) is 0 Å². The van der Waals surface area contributed by atoms with Crippen molar-refractivity contribution in [2.24, 2.45) is 0 Å². The molecule has 2 aromatic carbocycles. The van der Waals surface area contributed by atoms with E-state index in [1.807, 2.05) is 24.3 Å². The van der Waals surface area contributed by atoms with E-state index in [9.17, 15) is 19.2 Å². The van der Waals surface area contributed by atoms with Gasteiger partial charge in [-0.05, 0) is 23.9 Å². The van der Waals surface area contributed by atoms with Gasteiger partial charge in [-0.3, -0.25) is 24.1 Å². The number of Topliss-reactive ketones (excluding diaryl/α,β-unsaturated/α-hetero) is 1. The Balaban J connectivity index is 1.55. The van der Waals surface area contributed by atoms with E-state index in [1.54, 1.807) is 54.3 Å². The second-order valence-corrected chi connectivity index (χ2v) is 8.62. The standard InChI is InChI=1S/C25H23N3O5S/c1-33-12-11-26-23(30)16-27-14-18(19-9-5-6-10-20(19)27)13-22-24(31)28(25(32)34-22)15-21(29)17-7-3-2-4-8-17/h2-10,13-14H,11-12,15-16H2,1H3,(H,26,30)/b22-13-. The van der Waals surface area contributed by atoms with Crippen molar-refractivity contribution in [3.8, 4) is 0 Å². The minimum absolute atomic E-state index is 0.102. The van der Waals surface area contributed by atoms with Gasteiger partial charge in [-0.2, -0.15) is 0 Å². The number of benzene rings is 2. The average Bonchev–Trinajstić information content (AvgIpc) is 3.31. The van der Waals surface area contributed by atoms with Crippen LogP contribution in [0.2, 0.25) is 0 Å². The lowest BCUT2D eigenvalue weighted by atomic mass is 10.1. The van der Waals surface area contributed by atoms with Gasteiger partial charge in [-0.1, -0.05) is 48.5 Å². The highest BCUT2D eigenvalue weighted by molar-refractivity contribution is 8.18. The highest BCUT2D eigenvalue weighted by Crippen LogP contribution is 2.34. The zero-order chi connectivity index (χ0) is 24.1. The third kappa shape index (κ3) is 5.11. The van der Waals surface area contributed by atoms with Gasteiger partial charge in [0.05, 0.1) is 18.1 Å². The minimum Gasteiger partial charge on any atom is -0.383 e. The molecule has 3 aromatic rings. The van der Waals surface area contributed by atoms with Crippen LogP contribution in [0.1, 0.15) is 15.9 Å². The summed E-state index contributed by atoms with van der Waals surface area (Å²) in [6.45, 7) is 0.628. The molecule has 1 aromatic heterocycles. The molecule has 0 radical (unpaired) electrons. The zero-order valence-corrected chi connectivity index (χ0v) is 19.3. The number of fused-ring (bicyclic) bond motifs is 1. The van der Waals surface area contributed by atoms with Crippen molar-refractivity contribution in [3.63, 3.8) is 0 Å². The van der Waals surface area contributed by atoms with Gasteiger partial charge in [0.1, 0.15) is 6.54 Å². The molecule has 1 fully saturated rings. The second-order valence-electron chi connectivity index (χ2n) is 7.63. The number of ether oxygens (including phenoxy) is 1. The number of para-hydroxylation sites is 1. The summed E-state index contributed by atoms with van der Waals surface area (Å²) in [5, 5.41) is 3.15. The van der Waals surface area contributed by atoms with E-state index >= 15 is 0 Å². The van der Waals surface area contributed by atoms with Crippen molar-refractivity contribution in [1.82, 2.24) is 14.8 Å². The number of nitrogens with zero attached hydrogens (tertiary/aromatic N) is 2. The summed E-state index contributed by atoms with van der Waals surface area (Å²) in [7, 11) is 1.57. The van der Waals surface area contributed by atoms with Gasteiger partial charge in [0.2, 0.25) is 5.91 Å². The third-order valence-electron chi connectivity index (χ3n) is 5.32. The summed E-state index contributed by atoms with van der Waals surface area (Å²) in [6, 6.07) is 16.1. The maximum absolute atomic E-state index is 12.9.